The third kappa shape index (κ3) is 4.14. The molecule has 13 heteroatoms. The average Bonchev–Trinajstić information content (AvgIpc) is 3.03. The van der Waals surface area contributed by atoms with Crippen LogP contribution in [-0.4, -0.2) is 35.9 Å². The van der Waals surface area contributed by atoms with Gasteiger partial charge in [0.25, 0.3) is 0 Å². The van der Waals surface area contributed by atoms with Gasteiger partial charge in [-0.05, 0) is 12.1 Å². The molecule has 1 amide bonds. The number of nitrogens with two attached hydrogens (primary N) is 2. The third-order valence-corrected chi connectivity index (χ3v) is 4.24. The Labute approximate surface area is 179 Å². The number of anilines is 3. The number of hydrogen-bond acceptors (Lipinski definition) is 7. The molecular formula is C18H15ClF2N8O2. The summed E-state index contributed by atoms with van der Waals surface area (Å²) in [5.41, 5.74) is 12.1. The molecule has 4 aromatic rings. The summed E-state index contributed by atoms with van der Waals surface area (Å²) in [4.78, 5) is 23.0. The van der Waals surface area contributed by atoms with Crippen molar-refractivity contribution in [2.45, 2.75) is 6.54 Å². The Morgan fingerprint density at radius 1 is 1.16 bits per heavy atom. The van der Waals surface area contributed by atoms with Crippen molar-refractivity contribution in [1.29, 1.82) is 0 Å². The van der Waals surface area contributed by atoms with Gasteiger partial charge in [0.15, 0.2) is 23.1 Å². The first-order chi connectivity index (χ1) is 14.3. The number of benzene rings is 1. The van der Waals surface area contributed by atoms with Crippen LogP contribution in [0.25, 0.3) is 22.6 Å². The van der Waals surface area contributed by atoms with E-state index in [0.717, 1.165) is 6.20 Å². The molecule has 0 radical (unpaired) electrons. The number of fused-ring (bicyclic) bond motifs is 1. The van der Waals surface area contributed by atoms with Gasteiger partial charge in [0.1, 0.15) is 23.0 Å². The Bertz CT molecular complexity index is 1270. The first-order valence-electron chi connectivity index (χ1n) is 8.52. The van der Waals surface area contributed by atoms with Crippen LogP contribution in [0.2, 0.25) is 0 Å². The van der Waals surface area contributed by atoms with Gasteiger partial charge in [-0.1, -0.05) is 18.2 Å². The number of carbonyl (C=O) groups is 1. The van der Waals surface area contributed by atoms with Crippen LogP contribution in [0.1, 0.15) is 5.56 Å². The lowest BCUT2D eigenvalue weighted by atomic mass is 10.2. The topological polar surface area (TPSA) is 158 Å². The van der Waals surface area contributed by atoms with E-state index in [2.05, 4.69) is 20.1 Å². The van der Waals surface area contributed by atoms with E-state index >= 15 is 0 Å². The van der Waals surface area contributed by atoms with E-state index in [0.29, 0.717) is 5.56 Å². The SMILES string of the molecule is Cl.Nc1nc(-c2nn(Cc3ccccc3F)c3ncc(F)cc23)nc(N)c1NC(=O)O. The minimum absolute atomic E-state index is 0. The van der Waals surface area contributed by atoms with Crippen LogP contribution >= 0.6 is 12.4 Å². The number of amides is 1. The summed E-state index contributed by atoms with van der Waals surface area (Å²) in [6.45, 7) is 0.0193. The highest BCUT2D eigenvalue weighted by atomic mass is 35.5. The molecule has 0 saturated heterocycles. The summed E-state index contributed by atoms with van der Waals surface area (Å²) in [5.74, 6) is -1.59. The van der Waals surface area contributed by atoms with Crippen LogP contribution < -0.4 is 16.8 Å². The summed E-state index contributed by atoms with van der Waals surface area (Å²) in [6, 6.07) is 7.32. The maximum absolute atomic E-state index is 14.1. The maximum atomic E-state index is 14.1. The fourth-order valence-electron chi connectivity index (χ4n) is 2.93. The lowest BCUT2D eigenvalue weighted by Crippen LogP contribution is -2.14. The largest absolute Gasteiger partial charge is 0.465 e. The summed E-state index contributed by atoms with van der Waals surface area (Å²) < 4.78 is 29.3. The van der Waals surface area contributed by atoms with Gasteiger partial charge in [-0.3, -0.25) is 5.32 Å². The molecule has 6 N–H and O–H groups in total. The number of carboxylic acid groups (broad SMARTS) is 1. The Balaban J connectivity index is 0.00000272. The van der Waals surface area contributed by atoms with E-state index in [1.54, 1.807) is 18.2 Å². The predicted octanol–water partition coefficient (Wildman–Crippen LogP) is 2.89. The van der Waals surface area contributed by atoms with Crippen molar-refractivity contribution >= 4 is 46.9 Å². The number of aromatic nitrogens is 5. The van der Waals surface area contributed by atoms with Crippen LogP contribution in [0, 0.1) is 11.6 Å². The summed E-state index contributed by atoms with van der Waals surface area (Å²) in [5, 5.41) is 15.5. The van der Waals surface area contributed by atoms with Crippen LogP contribution in [0.4, 0.5) is 30.9 Å². The second-order valence-corrected chi connectivity index (χ2v) is 6.25. The van der Waals surface area contributed by atoms with Crippen LogP contribution in [0.15, 0.2) is 36.5 Å². The lowest BCUT2D eigenvalue weighted by molar-refractivity contribution is 0.209. The Hall–Kier alpha value is -4.06. The van der Waals surface area contributed by atoms with Gasteiger partial charge in [-0.25, -0.2) is 33.2 Å². The molecule has 3 heterocycles. The molecule has 10 nitrogen and oxygen atoms in total. The summed E-state index contributed by atoms with van der Waals surface area (Å²) in [6.07, 6.45) is -0.384. The fraction of sp³-hybridized carbons (Fsp3) is 0.0556. The molecule has 0 saturated carbocycles. The van der Waals surface area contributed by atoms with Crippen molar-refractivity contribution in [1.82, 2.24) is 24.7 Å². The first-order valence-corrected chi connectivity index (χ1v) is 8.52. The van der Waals surface area contributed by atoms with Gasteiger partial charge in [0.05, 0.1) is 18.1 Å². The number of pyridine rings is 1. The van der Waals surface area contributed by atoms with Gasteiger partial charge in [-0.2, -0.15) is 5.10 Å². The van der Waals surface area contributed by atoms with Crippen LogP contribution in [-0.2, 0) is 6.54 Å². The molecule has 1 aromatic carbocycles. The van der Waals surface area contributed by atoms with Gasteiger partial charge >= 0.3 is 6.09 Å². The van der Waals surface area contributed by atoms with E-state index in [1.807, 2.05) is 5.32 Å². The fourth-order valence-corrected chi connectivity index (χ4v) is 2.93. The van der Waals surface area contributed by atoms with E-state index in [9.17, 15) is 13.6 Å². The number of hydrogen-bond donors (Lipinski definition) is 4. The number of nitrogen functional groups attached to an aromatic ring is 2. The molecular weight excluding hydrogens is 434 g/mol. The van der Waals surface area contributed by atoms with Crippen LogP contribution in [0.5, 0.6) is 0 Å². The molecule has 0 atom stereocenters. The average molecular weight is 449 g/mol. The molecule has 4 rings (SSSR count). The van der Waals surface area contributed by atoms with E-state index in [-0.39, 0.29) is 58.8 Å². The molecule has 0 aliphatic rings. The first kappa shape index (κ1) is 21.6. The molecule has 0 bridgehead atoms. The van der Waals surface area contributed by atoms with Crippen molar-refractivity contribution < 1.29 is 18.7 Å². The van der Waals surface area contributed by atoms with Gasteiger partial charge in [0.2, 0.25) is 0 Å². The number of halogens is 3. The second kappa shape index (κ2) is 8.36. The van der Waals surface area contributed by atoms with Gasteiger partial charge < -0.3 is 16.6 Å². The van der Waals surface area contributed by atoms with E-state index in [4.69, 9.17) is 16.6 Å². The third-order valence-electron chi connectivity index (χ3n) is 4.24. The quantitative estimate of drug-likeness (QED) is 0.371. The number of nitrogens with one attached hydrogen (secondary N) is 1. The standard InChI is InChI=1S/C18H14F2N8O2.ClH/c19-9-5-10-12(16-25-14(21)13(15(22)26-16)24-18(29)30)27-28(17(10)23-6-9)7-8-3-1-2-4-11(8)20;/h1-6,24H,7H2,(H,29,30)(H4,21,22,25,26);1H. The smallest absolute Gasteiger partial charge is 0.409 e. The summed E-state index contributed by atoms with van der Waals surface area (Å²) in [7, 11) is 0. The molecule has 0 unspecified atom stereocenters. The number of rotatable bonds is 4. The second-order valence-electron chi connectivity index (χ2n) is 6.25. The van der Waals surface area contributed by atoms with Crippen LogP contribution in [0.3, 0.4) is 0 Å². The highest BCUT2D eigenvalue weighted by Crippen LogP contribution is 2.30. The molecule has 0 aliphatic heterocycles. The molecule has 3 aromatic heterocycles. The van der Waals surface area contributed by atoms with Crippen molar-refractivity contribution in [3.05, 3.63) is 53.7 Å². The Morgan fingerprint density at radius 3 is 2.48 bits per heavy atom. The van der Waals surface area contributed by atoms with Crippen molar-refractivity contribution in [3.63, 3.8) is 0 Å². The molecule has 0 spiro atoms. The predicted molar refractivity (Wildman–Crippen MR) is 112 cm³/mol. The Kier molecular flexibility index (Phi) is 5.83. The minimum atomic E-state index is -1.39. The maximum Gasteiger partial charge on any atom is 0.409 e. The monoisotopic (exact) mass is 448 g/mol. The highest BCUT2D eigenvalue weighted by Gasteiger charge is 2.20. The Morgan fingerprint density at radius 2 is 1.84 bits per heavy atom. The molecule has 31 heavy (non-hydrogen) atoms. The van der Waals surface area contributed by atoms with E-state index < -0.39 is 17.7 Å². The van der Waals surface area contributed by atoms with Crippen molar-refractivity contribution in [2.75, 3.05) is 16.8 Å². The van der Waals surface area contributed by atoms with Crippen molar-refractivity contribution in [3.8, 4) is 11.5 Å². The van der Waals surface area contributed by atoms with E-state index in [1.165, 1.54) is 16.8 Å². The molecule has 0 aliphatic carbocycles. The molecule has 160 valence electrons. The molecule has 0 fully saturated rings. The summed E-state index contributed by atoms with van der Waals surface area (Å²) >= 11 is 0. The normalized spacial score (nSPS) is 10.6. The lowest BCUT2D eigenvalue weighted by Gasteiger charge is -2.08. The van der Waals surface area contributed by atoms with Gasteiger partial charge in [0, 0.05) is 5.56 Å². The van der Waals surface area contributed by atoms with Gasteiger partial charge in [-0.15, -0.1) is 12.4 Å². The zero-order valence-electron chi connectivity index (χ0n) is 15.6. The minimum Gasteiger partial charge on any atom is -0.465 e. The number of nitrogens with zero attached hydrogens (tertiary/aromatic N) is 5. The van der Waals surface area contributed by atoms with Crippen molar-refractivity contribution in [2.24, 2.45) is 0 Å². The zero-order valence-corrected chi connectivity index (χ0v) is 16.4. The zero-order chi connectivity index (χ0) is 21.4. The highest BCUT2D eigenvalue weighted by molar-refractivity contribution is 5.94.